The minimum atomic E-state index is -0.366. The number of hydrogen-bond donors (Lipinski definition) is 2. The van der Waals surface area contributed by atoms with Crippen molar-refractivity contribution >= 4 is 0 Å². The van der Waals surface area contributed by atoms with Crippen LogP contribution in [-0.2, 0) is 19.3 Å². The van der Waals surface area contributed by atoms with Gasteiger partial charge in [-0.1, -0.05) is 32.0 Å². The van der Waals surface area contributed by atoms with Crippen molar-refractivity contribution in [1.29, 1.82) is 0 Å². The zero-order valence-electron chi connectivity index (χ0n) is 10.4. The van der Waals surface area contributed by atoms with E-state index in [9.17, 15) is 5.11 Å². The number of aryl methyl sites for hydroxylation is 3. The van der Waals surface area contributed by atoms with Crippen molar-refractivity contribution in [2.45, 2.75) is 45.6 Å². The molecule has 1 rings (SSSR count). The summed E-state index contributed by atoms with van der Waals surface area (Å²) < 4.78 is 0. The Hall–Kier alpha value is -0.860. The molecule has 0 spiro atoms. The van der Waals surface area contributed by atoms with E-state index in [2.05, 4.69) is 32.0 Å². The van der Waals surface area contributed by atoms with Crippen LogP contribution < -0.4 is 5.73 Å². The van der Waals surface area contributed by atoms with E-state index in [1.807, 2.05) is 0 Å². The van der Waals surface area contributed by atoms with Crippen molar-refractivity contribution in [3.8, 4) is 0 Å². The first-order valence-corrected chi connectivity index (χ1v) is 6.20. The van der Waals surface area contributed by atoms with Crippen LogP contribution in [0.2, 0.25) is 0 Å². The van der Waals surface area contributed by atoms with Gasteiger partial charge in [-0.05, 0) is 42.4 Å². The van der Waals surface area contributed by atoms with Crippen LogP contribution in [0, 0.1) is 0 Å². The molecule has 3 N–H and O–H groups in total. The van der Waals surface area contributed by atoms with Crippen molar-refractivity contribution < 1.29 is 5.11 Å². The summed E-state index contributed by atoms with van der Waals surface area (Å²) in [6, 6.07) is 6.67. The fourth-order valence-corrected chi connectivity index (χ4v) is 1.92. The van der Waals surface area contributed by atoms with E-state index in [0.29, 0.717) is 6.54 Å². The van der Waals surface area contributed by atoms with Crippen LogP contribution in [0.3, 0.4) is 0 Å². The second kappa shape index (κ2) is 6.66. The highest BCUT2D eigenvalue weighted by Gasteiger charge is 2.06. The van der Waals surface area contributed by atoms with E-state index in [1.54, 1.807) is 0 Å². The number of benzene rings is 1. The summed E-state index contributed by atoms with van der Waals surface area (Å²) in [4.78, 5) is 0. The fourth-order valence-electron chi connectivity index (χ4n) is 1.92. The highest BCUT2D eigenvalue weighted by atomic mass is 16.3. The van der Waals surface area contributed by atoms with Crippen molar-refractivity contribution in [3.63, 3.8) is 0 Å². The lowest BCUT2D eigenvalue weighted by molar-refractivity contribution is 0.173. The molecule has 0 aromatic heterocycles. The summed E-state index contributed by atoms with van der Waals surface area (Å²) in [7, 11) is 0. The quantitative estimate of drug-likeness (QED) is 0.772. The van der Waals surface area contributed by atoms with Gasteiger partial charge in [0, 0.05) is 6.54 Å². The number of aliphatic hydroxyl groups excluding tert-OH is 1. The Bertz CT molecular complexity index is 323. The summed E-state index contributed by atoms with van der Waals surface area (Å²) in [6.45, 7) is 4.69. The molecule has 0 aliphatic rings. The zero-order chi connectivity index (χ0) is 12.0. The predicted octanol–water partition coefficient (Wildman–Crippen LogP) is 2.06. The first kappa shape index (κ1) is 13.2. The molecule has 1 atom stereocenters. The molecule has 0 aliphatic carbocycles. The second-order valence-corrected chi connectivity index (χ2v) is 4.24. The summed E-state index contributed by atoms with van der Waals surface area (Å²) in [5, 5.41) is 9.48. The van der Waals surface area contributed by atoms with E-state index in [1.165, 1.54) is 16.7 Å². The van der Waals surface area contributed by atoms with Crippen LogP contribution in [0.1, 0.15) is 37.0 Å². The molecule has 0 amide bonds. The van der Waals surface area contributed by atoms with Gasteiger partial charge in [-0.2, -0.15) is 0 Å². The number of rotatable bonds is 6. The Balaban J connectivity index is 2.75. The summed E-state index contributed by atoms with van der Waals surface area (Å²) in [5.41, 5.74) is 9.54. The van der Waals surface area contributed by atoms with E-state index in [4.69, 9.17) is 5.73 Å². The topological polar surface area (TPSA) is 46.2 Å². The maximum Gasteiger partial charge on any atom is 0.0665 e. The van der Waals surface area contributed by atoms with Crippen LogP contribution in [0.5, 0.6) is 0 Å². The maximum atomic E-state index is 9.48. The third-order valence-corrected chi connectivity index (χ3v) is 3.08. The van der Waals surface area contributed by atoms with Gasteiger partial charge in [-0.25, -0.2) is 0 Å². The van der Waals surface area contributed by atoms with E-state index in [-0.39, 0.29) is 6.10 Å². The Morgan fingerprint density at radius 3 is 2.50 bits per heavy atom. The number of aliphatic hydroxyl groups is 1. The molecule has 0 radical (unpaired) electrons. The largest absolute Gasteiger partial charge is 0.392 e. The van der Waals surface area contributed by atoms with E-state index in [0.717, 1.165) is 25.7 Å². The van der Waals surface area contributed by atoms with Crippen molar-refractivity contribution in [1.82, 2.24) is 0 Å². The minimum absolute atomic E-state index is 0.356. The molecule has 0 fully saturated rings. The van der Waals surface area contributed by atoms with Crippen LogP contribution in [0.25, 0.3) is 0 Å². The Kier molecular flexibility index (Phi) is 5.50. The van der Waals surface area contributed by atoms with Gasteiger partial charge in [-0.15, -0.1) is 0 Å². The molecule has 0 saturated carbocycles. The van der Waals surface area contributed by atoms with Crippen molar-refractivity contribution in [2.75, 3.05) is 6.54 Å². The Morgan fingerprint density at radius 1 is 1.19 bits per heavy atom. The molecule has 2 heteroatoms. The van der Waals surface area contributed by atoms with Gasteiger partial charge >= 0.3 is 0 Å². The molecule has 0 saturated heterocycles. The second-order valence-electron chi connectivity index (χ2n) is 4.24. The first-order chi connectivity index (χ1) is 7.71. The van der Waals surface area contributed by atoms with Crippen molar-refractivity contribution in [3.05, 3.63) is 34.9 Å². The van der Waals surface area contributed by atoms with Gasteiger partial charge in [0.1, 0.15) is 0 Å². The fraction of sp³-hybridized carbons (Fsp3) is 0.571. The molecule has 1 unspecified atom stereocenters. The van der Waals surface area contributed by atoms with Crippen LogP contribution >= 0.6 is 0 Å². The summed E-state index contributed by atoms with van der Waals surface area (Å²) in [6.07, 6.45) is 3.44. The van der Waals surface area contributed by atoms with Gasteiger partial charge < -0.3 is 10.8 Å². The third-order valence-electron chi connectivity index (χ3n) is 3.08. The number of nitrogens with two attached hydrogens (primary N) is 1. The molecular formula is C14H23NO. The first-order valence-electron chi connectivity index (χ1n) is 6.20. The lowest BCUT2D eigenvalue weighted by atomic mass is 9.96. The van der Waals surface area contributed by atoms with E-state index < -0.39 is 0 Å². The molecule has 1 aromatic rings. The molecular weight excluding hydrogens is 198 g/mol. The zero-order valence-corrected chi connectivity index (χ0v) is 10.4. The molecule has 0 bridgehead atoms. The standard InChI is InChI=1S/C14H23NO/c1-3-11-5-6-12(4-2)13(9-11)7-8-14(16)10-15/h5-6,9,14,16H,3-4,7-8,10,15H2,1-2H3. The van der Waals surface area contributed by atoms with Crippen LogP contribution in [-0.4, -0.2) is 17.8 Å². The van der Waals surface area contributed by atoms with Crippen LogP contribution in [0.15, 0.2) is 18.2 Å². The number of hydrogen-bond acceptors (Lipinski definition) is 2. The summed E-state index contributed by atoms with van der Waals surface area (Å²) >= 11 is 0. The van der Waals surface area contributed by atoms with Gasteiger partial charge in [0.2, 0.25) is 0 Å². The smallest absolute Gasteiger partial charge is 0.0665 e. The van der Waals surface area contributed by atoms with Gasteiger partial charge in [-0.3, -0.25) is 0 Å². The predicted molar refractivity (Wildman–Crippen MR) is 68.6 cm³/mol. The van der Waals surface area contributed by atoms with Gasteiger partial charge in [0.15, 0.2) is 0 Å². The average Bonchev–Trinajstić information content (AvgIpc) is 2.35. The van der Waals surface area contributed by atoms with E-state index >= 15 is 0 Å². The normalized spacial score (nSPS) is 12.8. The lowest BCUT2D eigenvalue weighted by Gasteiger charge is -2.12. The Labute approximate surface area is 98.5 Å². The SMILES string of the molecule is CCc1ccc(CC)c(CCC(O)CN)c1. The highest BCUT2D eigenvalue weighted by Crippen LogP contribution is 2.16. The molecule has 0 aliphatic heterocycles. The monoisotopic (exact) mass is 221 g/mol. The maximum absolute atomic E-state index is 9.48. The minimum Gasteiger partial charge on any atom is -0.392 e. The molecule has 0 heterocycles. The Morgan fingerprint density at radius 2 is 1.94 bits per heavy atom. The summed E-state index contributed by atoms with van der Waals surface area (Å²) in [5.74, 6) is 0. The van der Waals surface area contributed by atoms with Gasteiger partial charge in [0.05, 0.1) is 6.10 Å². The molecule has 1 aromatic carbocycles. The third kappa shape index (κ3) is 3.62. The highest BCUT2D eigenvalue weighted by molar-refractivity contribution is 5.32. The van der Waals surface area contributed by atoms with Crippen molar-refractivity contribution in [2.24, 2.45) is 5.73 Å². The average molecular weight is 221 g/mol. The van der Waals surface area contributed by atoms with Crippen LogP contribution in [0.4, 0.5) is 0 Å². The molecule has 90 valence electrons. The lowest BCUT2D eigenvalue weighted by Crippen LogP contribution is -2.20. The molecule has 2 nitrogen and oxygen atoms in total. The van der Waals surface area contributed by atoms with Gasteiger partial charge in [0.25, 0.3) is 0 Å². The molecule has 16 heavy (non-hydrogen) atoms.